The maximum Gasteiger partial charge on any atom is 0.320 e. The van der Waals surface area contributed by atoms with Gasteiger partial charge in [-0.05, 0) is 32.6 Å². The van der Waals surface area contributed by atoms with Crippen LogP contribution < -0.4 is 5.73 Å². The van der Waals surface area contributed by atoms with Crippen molar-refractivity contribution in [3.63, 3.8) is 0 Å². The minimum atomic E-state index is -0.0881. The summed E-state index contributed by atoms with van der Waals surface area (Å²) in [6, 6.07) is 1.34. The zero-order valence-electron chi connectivity index (χ0n) is 10.0. The van der Waals surface area contributed by atoms with Gasteiger partial charge < -0.3 is 10.5 Å². The van der Waals surface area contributed by atoms with Crippen LogP contribution in [0.4, 0.5) is 0 Å². The maximum atomic E-state index is 11.5. The molecule has 92 valence electrons. The number of piperidine rings is 2. The molecule has 2 saturated heterocycles. The number of esters is 1. The van der Waals surface area contributed by atoms with Gasteiger partial charge >= 0.3 is 5.97 Å². The minimum absolute atomic E-state index is 0.0881. The summed E-state index contributed by atoms with van der Waals surface area (Å²) in [5.74, 6) is -0.0881. The Morgan fingerprint density at radius 2 is 2.00 bits per heavy atom. The van der Waals surface area contributed by atoms with Crippen molar-refractivity contribution in [3.8, 4) is 0 Å². The van der Waals surface area contributed by atoms with Gasteiger partial charge in [0.05, 0.1) is 13.2 Å². The second-order valence-electron chi connectivity index (χ2n) is 4.95. The van der Waals surface area contributed by atoms with Crippen LogP contribution in [-0.2, 0) is 9.53 Å². The van der Waals surface area contributed by atoms with Crippen molar-refractivity contribution in [2.75, 3.05) is 13.2 Å². The first kappa shape index (κ1) is 11.9. The van der Waals surface area contributed by atoms with E-state index in [1.165, 1.54) is 19.3 Å². The summed E-state index contributed by atoms with van der Waals surface area (Å²) >= 11 is 0. The number of carbonyl (C=O) groups excluding carboxylic acids is 1. The Balaban J connectivity index is 1.95. The Hall–Kier alpha value is -0.610. The van der Waals surface area contributed by atoms with Crippen LogP contribution in [0.3, 0.4) is 0 Å². The van der Waals surface area contributed by atoms with Crippen LogP contribution in [0.15, 0.2) is 0 Å². The van der Waals surface area contributed by atoms with Crippen molar-refractivity contribution >= 4 is 5.97 Å². The normalized spacial score (nSPS) is 34.8. The Kier molecular flexibility index (Phi) is 3.82. The molecule has 2 N–H and O–H groups in total. The third-order valence-electron chi connectivity index (χ3n) is 3.78. The molecular weight excluding hydrogens is 204 g/mol. The van der Waals surface area contributed by atoms with Gasteiger partial charge in [0.1, 0.15) is 0 Å². The van der Waals surface area contributed by atoms with Crippen LogP contribution in [0.5, 0.6) is 0 Å². The number of fused-ring (bicyclic) bond motifs is 2. The monoisotopic (exact) mass is 226 g/mol. The van der Waals surface area contributed by atoms with Gasteiger partial charge in [-0.3, -0.25) is 9.69 Å². The third-order valence-corrected chi connectivity index (χ3v) is 3.78. The van der Waals surface area contributed by atoms with E-state index >= 15 is 0 Å². The second kappa shape index (κ2) is 5.15. The molecule has 0 spiro atoms. The molecular formula is C12H22N2O2. The number of nitrogens with zero attached hydrogens (tertiary/aromatic N) is 1. The minimum Gasteiger partial charge on any atom is -0.465 e. The van der Waals surface area contributed by atoms with Gasteiger partial charge in [-0.1, -0.05) is 6.42 Å². The Morgan fingerprint density at radius 1 is 1.38 bits per heavy atom. The number of rotatable bonds is 3. The first-order valence-electron chi connectivity index (χ1n) is 6.37. The van der Waals surface area contributed by atoms with Crippen LogP contribution in [0.2, 0.25) is 0 Å². The lowest BCUT2D eigenvalue weighted by molar-refractivity contribution is -0.147. The van der Waals surface area contributed by atoms with E-state index in [-0.39, 0.29) is 5.97 Å². The van der Waals surface area contributed by atoms with Crippen molar-refractivity contribution in [2.45, 2.75) is 57.2 Å². The molecule has 2 rings (SSSR count). The summed E-state index contributed by atoms with van der Waals surface area (Å²) in [6.45, 7) is 2.78. The third kappa shape index (κ3) is 2.55. The first-order valence-corrected chi connectivity index (χ1v) is 6.37. The highest BCUT2D eigenvalue weighted by Gasteiger charge is 2.37. The van der Waals surface area contributed by atoms with E-state index in [1.807, 2.05) is 6.92 Å². The summed E-state index contributed by atoms with van der Waals surface area (Å²) in [4.78, 5) is 13.9. The Labute approximate surface area is 97.1 Å². The number of carbonyl (C=O) groups is 1. The average Bonchev–Trinajstić information content (AvgIpc) is 2.19. The molecule has 2 aliphatic rings. The molecule has 0 aromatic heterocycles. The van der Waals surface area contributed by atoms with Crippen molar-refractivity contribution in [2.24, 2.45) is 5.73 Å². The number of hydrogen-bond acceptors (Lipinski definition) is 4. The van der Waals surface area contributed by atoms with E-state index in [1.54, 1.807) is 0 Å². The molecule has 2 aliphatic heterocycles. The Morgan fingerprint density at radius 3 is 2.56 bits per heavy atom. The summed E-state index contributed by atoms with van der Waals surface area (Å²) in [6.07, 6.45) is 5.72. The number of hydrogen-bond donors (Lipinski definition) is 1. The lowest BCUT2D eigenvalue weighted by Crippen LogP contribution is -2.56. The molecule has 4 nitrogen and oxygen atoms in total. The molecule has 2 fully saturated rings. The summed E-state index contributed by atoms with van der Waals surface area (Å²) in [7, 11) is 0. The van der Waals surface area contributed by atoms with E-state index in [0.717, 1.165) is 12.8 Å². The van der Waals surface area contributed by atoms with Crippen LogP contribution in [0.1, 0.15) is 39.0 Å². The predicted octanol–water partition coefficient (Wildman–Crippen LogP) is 0.894. The molecule has 4 heteroatoms. The molecule has 0 amide bonds. The molecule has 16 heavy (non-hydrogen) atoms. The maximum absolute atomic E-state index is 11.5. The molecule has 2 atom stereocenters. The van der Waals surface area contributed by atoms with Gasteiger partial charge in [0, 0.05) is 18.1 Å². The molecule has 0 radical (unpaired) electrons. The van der Waals surface area contributed by atoms with Crippen LogP contribution >= 0.6 is 0 Å². The average molecular weight is 226 g/mol. The van der Waals surface area contributed by atoms with E-state index in [4.69, 9.17) is 10.5 Å². The van der Waals surface area contributed by atoms with Crippen molar-refractivity contribution in [1.29, 1.82) is 0 Å². The molecule has 0 aromatic rings. The van der Waals surface area contributed by atoms with E-state index < -0.39 is 0 Å². The highest BCUT2D eigenvalue weighted by atomic mass is 16.5. The van der Waals surface area contributed by atoms with Gasteiger partial charge in [-0.25, -0.2) is 0 Å². The smallest absolute Gasteiger partial charge is 0.320 e. The summed E-state index contributed by atoms with van der Waals surface area (Å²) in [5.41, 5.74) is 6.03. The molecule has 2 heterocycles. The standard InChI is InChI=1S/C12H22N2O2/c1-2-16-12(15)8-14-10-4-3-5-11(14)7-9(13)6-10/h9-11H,2-8,13H2,1H3. The van der Waals surface area contributed by atoms with Gasteiger partial charge in [-0.15, -0.1) is 0 Å². The predicted molar refractivity (Wildman–Crippen MR) is 62.0 cm³/mol. The topological polar surface area (TPSA) is 55.6 Å². The quantitative estimate of drug-likeness (QED) is 0.726. The fourth-order valence-electron chi connectivity index (χ4n) is 3.13. The largest absolute Gasteiger partial charge is 0.465 e. The SMILES string of the molecule is CCOC(=O)CN1C2CCCC1CC(N)C2. The van der Waals surface area contributed by atoms with Crippen LogP contribution in [0, 0.1) is 0 Å². The molecule has 2 bridgehead atoms. The number of ether oxygens (including phenoxy) is 1. The van der Waals surface area contributed by atoms with E-state index in [9.17, 15) is 4.79 Å². The van der Waals surface area contributed by atoms with Crippen molar-refractivity contribution in [1.82, 2.24) is 4.90 Å². The van der Waals surface area contributed by atoms with Crippen LogP contribution in [0.25, 0.3) is 0 Å². The second-order valence-corrected chi connectivity index (χ2v) is 4.95. The van der Waals surface area contributed by atoms with Crippen molar-refractivity contribution < 1.29 is 9.53 Å². The summed E-state index contributed by atoms with van der Waals surface area (Å²) in [5, 5.41) is 0. The molecule has 0 saturated carbocycles. The van der Waals surface area contributed by atoms with Gasteiger partial charge in [0.25, 0.3) is 0 Å². The fraction of sp³-hybridized carbons (Fsp3) is 0.917. The zero-order chi connectivity index (χ0) is 11.5. The van der Waals surface area contributed by atoms with Gasteiger partial charge in [0.15, 0.2) is 0 Å². The van der Waals surface area contributed by atoms with Crippen molar-refractivity contribution in [3.05, 3.63) is 0 Å². The summed E-state index contributed by atoms with van der Waals surface area (Å²) < 4.78 is 5.02. The number of nitrogens with two attached hydrogens (primary N) is 1. The van der Waals surface area contributed by atoms with E-state index in [0.29, 0.717) is 31.3 Å². The van der Waals surface area contributed by atoms with Crippen LogP contribution in [-0.4, -0.2) is 42.1 Å². The van der Waals surface area contributed by atoms with Gasteiger partial charge in [0.2, 0.25) is 0 Å². The molecule has 2 unspecified atom stereocenters. The lowest BCUT2D eigenvalue weighted by Gasteiger charge is -2.47. The Bertz CT molecular complexity index is 243. The van der Waals surface area contributed by atoms with E-state index in [2.05, 4.69) is 4.90 Å². The molecule has 0 aromatic carbocycles. The molecule has 0 aliphatic carbocycles. The fourth-order valence-corrected chi connectivity index (χ4v) is 3.13. The highest BCUT2D eigenvalue weighted by Crippen LogP contribution is 2.33. The first-order chi connectivity index (χ1) is 7.70. The van der Waals surface area contributed by atoms with Gasteiger partial charge in [-0.2, -0.15) is 0 Å². The zero-order valence-corrected chi connectivity index (χ0v) is 10.0. The highest BCUT2D eigenvalue weighted by molar-refractivity contribution is 5.71. The lowest BCUT2D eigenvalue weighted by atomic mass is 9.82.